The molecule has 0 aliphatic carbocycles. The fourth-order valence-corrected chi connectivity index (χ4v) is 5.00. The SMILES string of the molecule is C.C.C.C.C.CC.CC.CC.CC.CCc1cccc2c3ccccc3n(CC)c12.CCn1c2ccc#cc2c2ccccc21. The molecule has 0 aliphatic heterocycles. The molecule has 0 spiro atoms. The van der Waals surface area contributed by atoms with Gasteiger partial charge in [-0.15, -0.1) is 0 Å². The van der Waals surface area contributed by atoms with Crippen LogP contribution in [0.15, 0.2) is 78.9 Å². The zero-order chi connectivity index (χ0) is 30.1. The van der Waals surface area contributed by atoms with Crippen molar-refractivity contribution in [1.82, 2.24) is 9.13 Å². The Morgan fingerprint density at radius 3 is 1.47 bits per heavy atom. The van der Waals surface area contributed by atoms with E-state index >= 15 is 0 Å². The van der Waals surface area contributed by atoms with Crippen molar-refractivity contribution in [3.05, 3.63) is 96.6 Å². The third-order valence-corrected chi connectivity index (χ3v) is 6.42. The highest BCUT2D eigenvalue weighted by molar-refractivity contribution is 6.09. The standard InChI is InChI=1S/C16H17N.C14H11N.4C2H6.5CH4/c1-3-12-8-7-10-14-13-9-5-6-11-15(13)17(4-2)16(12)14;1-2-15-13-9-5-3-7-11(13)12-8-4-6-10-14(12)15;4*1-2;;;;;/h5-11H,3-4H2,1-2H3;3,5-7,9-10H,2H2,1H3;4*1-2H3;5*1H4. The van der Waals surface area contributed by atoms with Crippen LogP contribution < -0.4 is 0 Å². The molecule has 2 aromatic heterocycles. The van der Waals surface area contributed by atoms with Gasteiger partial charge in [-0.05, 0) is 50.1 Å². The molecule has 254 valence electrons. The van der Waals surface area contributed by atoms with Crippen LogP contribution in [0.2, 0.25) is 0 Å². The maximum atomic E-state index is 3.20. The molecule has 4 aromatic carbocycles. The molecule has 6 rings (SSSR count). The molecular formula is C43H72N2. The lowest BCUT2D eigenvalue weighted by atomic mass is 10.1. The smallest absolute Gasteiger partial charge is 0.0583 e. The van der Waals surface area contributed by atoms with E-state index in [9.17, 15) is 0 Å². The zero-order valence-corrected chi connectivity index (χ0v) is 27.0. The minimum absolute atomic E-state index is 0. The fourth-order valence-electron chi connectivity index (χ4n) is 5.00. The Hall–Kier alpha value is -3.70. The summed E-state index contributed by atoms with van der Waals surface area (Å²) in [5.74, 6) is 0. The maximum Gasteiger partial charge on any atom is 0.0583 e. The summed E-state index contributed by atoms with van der Waals surface area (Å²) >= 11 is 0. The molecule has 0 amide bonds. The van der Waals surface area contributed by atoms with E-state index in [1.807, 2.05) is 61.5 Å². The Morgan fingerprint density at radius 2 is 0.956 bits per heavy atom. The molecule has 0 radical (unpaired) electrons. The second kappa shape index (κ2) is 27.8. The fraction of sp³-hybridized carbons (Fsp3) is 0.442. The zero-order valence-electron chi connectivity index (χ0n) is 27.0. The lowest BCUT2D eigenvalue weighted by Gasteiger charge is -2.06. The highest BCUT2D eigenvalue weighted by Gasteiger charge is 2.11. The average Bonchev–Trinajstić information content (AvgIpc) is 3.57. The van der Waals surface area contributed by atoms with Crippen LogP contribution in [-0.2, 0) is 19.5 Å². The number of aromatic nitrogens is 2. The van der Waals surface area contributed by atoms with Crippen LogP contribution >= 0.6 is 0 Å². The largest absolute Gasteiger partial charge is 0.341 e. The van der Waals surface area contributed by atoms with Gasteiger partial charge in [0.1, 0.15) is 0 Å². The van der Waals surface area contributed by atoms with Crippen LogP contribution in [0.3, 0.4) is 0 Å². The number of hydrogen-bond acceptors (Lipinski definition) is 0. The Morgan fingerprint density at radius 1 is 0.489 bits per heavy atom. The van der Waals surface area contributed by atoms with Crippen molar-refractivity contribution < 1.29 is 0 Å². The Labute approximate surface area is 281 Å². The number of rotatable bonds is 3. The van der Waals surface area contributed by atoms with Gasteiger partial charge in [0, 0.05) is 40.3 Å². The number of nitrogens with zero attached hydrogens (tertiary/aromatic N) is 2. The summed E-state index contributed by atoms with van der Waals surface area (Å²) in [6.07, 6.45) is 1.09. The summed E-state index contributed by atoms with van der Waals surface area (Å²) in [7, 11) is 0. The number of aryl methyl sites for hydroxylation is 3. The molecule has 0 fully saturated rings. The Balaban J connectivity index is -0.000000178. The van der Waals surface area contributed by atoms with Gasteiger partial charge in [-0.2, -0.15) is 0 Å². The van der Waals surface area contributed by atoms with E-state index in [-0.39, 0.29) is 37.1 Å². The van der Waals surface area contributed by atoms with E-state index in [0.29, 0.717) is 0 Å². The molecule has 0 aliphatic rings. The molecule has 2 heteroatoms. The predicted octanol–water partition coefficient (Wildman–Crippen LogP) is 15.1. The quantitative estimate of drug-likeness (QED) is 0.187. The summed E-state index contributed by atoms with van der Waals surface area (Å²) in [5.41, 5.74) is 6.74. The molecule has 45 heavy (non-hydrogen) atoms. The Bertz CT molecular complexity index is 1480. The molecule has 0 bridgehead atoms. The first kappa shape index (κ1) is 50.9. The predicted molar refractivity (Wildman–Crippen MR) is 216 cm³/mol. The minimum Gasteiger partial charge on any atom is -0.341 e. The lowest BCUT2D eigenvalue weighted by Crippen LogP contribution is -1.95. The molecule has 0 saturated heterocycles. The third-order valence-electron chi connectivity index (χ3n) is 6.42. The second-order valence-electron chi connectivity index (χ2n) is 8.05. The molecule has 0 atom stereocenters. The Kier molecular flexibility index (Phi) is 31.5. The van der Waals surface area contributed by atoms with Gasteiger partial charge < -0.3 is 9.13 Å². The van der Waals surface area contributed by atoms with Crippen molar-refractivity contribution in [3.63, 3.8) is 0 Å². The lowest BCUT2D eigenvalue weighted by molar-refractivity contribution is 0.822. The van der Waals surface area contributed by atoms with Crippen molar-refractivity contribution in [2.45, 2.75) is 133 Å². The van der Waals surface area contributed by atoms with Gasteiger partial charge in [0.2, 0.25) is 0 Å². The number of para-hydroxylation sites is 3. The van der Waals surface area contributed by atoms with Crippen LogP contribution in [0.1, 0.15) is 119 Å². The van der Waals surface area contributed by atoms with Crippen LogP contribution in [0.5, 0.6) is 0 Å². The maximum absolute atomic E-state index is 3.20. The normalized spacial score (nSPS) is 8.42. The van der Waals surface area contributed by atoms with Crippen LogP contribution in [-0.4, -0.2) is 9.13 Å². The van der Waals surface area contributed by atoms with Gasteiger partial charge in [0.25, 0.3) is 0 Å². The van der Waals surface area contributed by atoms with Gasteiger partial charge in [0.05, 0.1) is 16.4 Å². The van der Waals surface area contributed by atoms with E-state index in [1.165, 1.54) is 49.2 Å². The molecule has 2 nitrogen and oxygen atoms in total. The van der Waals surface area contributed by atoms with E-state index in [2.05, 4.69) is 115 Å². The monoisotopic (exact) mass is 617 g/mol. The van der Waals surface area contributed by atoms with Crippen molar-refractivity contribution >= 4 is 43.6 Å². The molecule has 6 aromatic rings. The first-order chi connectivity index (χ1) is 19.8. The van der Waals surface area contributed by atoms with E-state index in [1.54, 1.807) is 0 Å². The number of hydrogen-bond donors (Lipinski definition) is 0. The van der Waals surface area contributed by atoms with Crippen molar-refractivity contribution in [2.24, 2.45) is 0 Å². The summed E-state index contributed by atoms with van der Waals surface area (Å²) < 4.78 is 4.75. The van der Waals surface area contributed by atoms with Crippen molar-refractivity contribution in [2.75, 3.05) is 0 Å². The second-order valence-corrected chi connectivity index (χ2v) is 8.05. The van der Waals surface area contributed by atoms with Gasteiger partial charge in [0.15, 0.2) is 0 Å². The van der Waals surface area contributed by atoms with Gasteiger partial charge >= 0.3 is 0 Å². The van der Waals surface area contributed by atoms with Gasteiger partial charge in [-0.25, -0.2) is 0 Å². The van der Waals surface area contributed by atoms with E-state index in [0.717, 1.165) is 19.5 Å². The van der Waals surface area contributed by atoms with Crippen LogP contribution in [0, 0.1) is 12.1 Å². The van der Waals surface area contributed by atoms with Crippen LogP contribution in [0.4, 0.5) is 0 Å². The van der Waals surface area contributed by atoms with Crippen molar-refractivity contribution in [3.8, 4) is 0 Å². The average molecular weight is 617 g/mol. The number of fused-ring (bicyclic) bond motifs is 6. The molecule has 0 unspecified atom stereocenters. The third kappa shape index (κ3) is 11.0. The molecule has 0 saturated carbocycles. The van der Waals surface area contributed by atoms with Crippen molar-refractivity contribution in [1.29, 1.82) is 0 Å². The van der Waals surface area contributed by atoms with Gasteiger partial charge in [-0.1, -0.05) is 166 Å². The van der Waals surface area contributed by atoms with E-state index < -0.39 is 0 Å². The minimum atomic E-state index is 0. The van der Waals surface area contributed by atoms with Gasteiger partial charge in [-0.3, -0.25) is 0 Å². The number of benzene rings is 3. The summed E-state index contributed by atoms with van der Waals surface area (Å²) in [6, 6.07) is 34.1. The molecule has 2 heterocycles. The first-order valence-corrected chi connectivity index (χ1v) is 15.6. The molecule has 0 N–H and O–H groups in total. The summed E-state index contributed by atoms with van der Waals surface area (Å²) in [5, 5.41) is 5.21. The van der Waals surface area contributed by atoms with Crippen LogP contribution in [0.25, 0.3) is 43.6 Å². The van der Waals surface area contributed by atoms with E-state index in [4.69, 9.17) is 0 Å². The summed E-state index contributed by atoms with van der Waals surface area (Å²) in [6.45, 7) is 24.6. The molecular weight excluding hydrogens is 544 g/mol. The summed E-state index contributed by atoms with van der Waals surface area (Å²) in [4.78, 5) is 0. The highest BCUT2D eigenvalue weighted by Crippen LogP contribution is 2.31. The topological polar surface area (TPSA) is 9.86 Å². The highest BCUT2D eigenvalue weighted by atomic mass is 15.0. The first-order valence-electron chi connectivity index (χ1n) is 15.6.